The van der Waals surface area contributed by atoms with Crippen molar-refractivity contribution >= 4 is 23.3 Å². The Bertz CT molecular complexity index is 795. The first kappa shape index (κ1) is 18.5. The summed E-state index contributed by atoms with van der Waals surface area (Å²) in [6.07, 6.45) is 0. The first-order chi connectivity index (χ1) is 12.5. The van der Waals surface area contributed by atoms with Crippen LogP contribution in [0, 0.1) is 12.7 Å². The highest BCUT2D eigenvalue weighted by molar-refractivity contribution is 6.33. The van der Waals surface area contributed by atoms with Crippen molar-refractivity contribution in [2.45, 2.75) is 6.92 Å². The summed E-state index contributed by atoms with van der Waals surface area (Å²) in [5.74, 6) is -0.959. The van der Waals surface area contributed by atoms with Crippen molar-refractivity contribution in [2.75, 3.05) is 32.7 Å². The SMILES string of the molecule is Cc1ccc(C(=O)CN2CCN(C(=O)c3c(F)cccc3Cl)CC2)cc1. The largest absolute Gasteiger partial charge is 0.336 e. The Morgan fingerprint density at radius 3 is 2.31 bits per heavy atom. The molecule has 2 aromatic rings. The van der Waals surface area contributed by atoms with E-state index in [-0.39, 0.29) is 16.4 Å². The van der Waals surface area contributed by atoms with E-state index < -0.39 is 11.7 Å². The second kappa shape index (κ2) is 7.98. The number of aryl methyl sites for hydroxylation is 1. The van der Waals surface area contributed by atoms with Crippen molar-refractivity contribution in [3.63, 3.8) is 0 Å². The zero-order chi connectivity index (χ0) is 18.7. The van der Waals surface area contributed by atoms with Crippen molar-refractivity contribution in [3.05, 3.63) is 70.0 Å². The molecular formula is C20H20ClFN2O2. The lowest BCUT2D eigenvalue weighted by Crippen LogP contribution is -2.50. The van der Waals surface area contributed by atoms with Gasteiger partial charge in [-0.1, -0.05) is 47.5 Å². The zero-order valence-electron chi connectivity index (χ0n) is 14.5. The van der Waals surface area contributed by atoms with E-state index in [2.05, 4.69) is 0 Å². The van der Waals surface area contributed by atoms with E-state index in [0.29, 0.717) is 38.3 Å². The standard InChI is InChI=1S/C20H20ClFN2O2/c1-14-5-7-15(8-6-14)18(25)13-23-9-11-24(12-10-23)20(26)19-16(21)3-2-4-17(19)22/h2-8H,9-13H2,1H3. The molecule has 136 valence electrons. The molecule has 1 aliphatic heterocycles. The molecule has 0 aromatic heterocycles. The average molecular weight is 375 g/mol. The summed E-state index contributed by atoms with van der Waals surface area (Å²) in [6.45, 7) is 4.29. The molecule has 0 unspecified atom stereocenters. The van der Waals surface area contributed by atoms with Gasteiger partial charge in [-0.15, -0.1) is 0 Å². The van der Waals surface area contributed by atoms with Gasteiger partial charge in [0.1, 0.15) is 5.82 Å². The number of Topliss-reactive ketones (excluding diaryl/α,β-unsaturated/α-hetero) is 1. The zero-order valence-corrected chi connectivity index (χ0v) is 15.3. The van der Waals surface area contributed by atoms with Crippen LogP contribution < -0.4 is 0 Å². The van der Waals surface area contributed by atoms with Crippen LogP contribution in [0.3, 0.4) is 0 Å². The normalized spacial score (nSPS) is 15.1. The van der Waals surface area contributed by atoms with Crippen LogP contribution in [0.15, 0.2) is 42.5 Å². The molecule has 3 rings (SSSR count). The van der Waals surface area contributed by atoms with Crippen LogP contribution in [0.4, 0.5) is 4.39 Å². The fraction of sp³-hybridized carbons (Fsp3) is 0.300. The van der Waals surface area contributed by atoms with Crippen molar-refractivity contribution in [2.24, 2.45) is 0 Å². The lowest BCUT2D eigenvalue weighted by atomic mass is 10.1. The van der Waals surface area contributed by atoms with E-state index in [1.807, 2.05) is 36.1 Å². The molecule has 0 bridgehead atoms. The Balaban J connectivity index is 1.58. The van der Waals surface area contributed by atoms with E-state index >= 15 is 0 Å². The van der Waals surface area contributed by atoms with Crippen LogP contribution in [0.1, 0.15) is 26.3 Å². The number of carbonyl (C=O) groups excluding carboxylic acids is 2. The Kier molecular flexibility index (Phi) is 5.69. The second-order valence-corrected chi connectivity index (χ2v) is 6.86. The molecule has 0 aliphatic carbocycles. The number of halogens is 2. The summed E-state index contributed by atoms with van der Waals surface area (Å²) in [5, 5.41) is 0.118. The van der Waals surface area contributed by atoms with Gasteiger partial charge in [-0.3, -0.25) is 14.5 Å². The molecule has 6 heteroatoms. The van der Waals surface area contributed by atoms with Crippen molar-refractivity contribution in [3.8, 4) is 0 Å². The maximum absolute atomic E-state index is 13.9. The van der Waals surface area contributed by atoms with E-state index in [1.54, 1.807) is 4.90 Å². The fourth-order valence-corrected chi connectivity index (χ4v) is 3.25. The fourth-order valence-electron chi connectivity index (χ4n) is 3.00. The molecular weight excluding hydrogens is 355 g/mol. The Hall–Kier alpha value is -2.24. The number of ketones is 1. The summed E-state index contributed by atoms with van der Waals surface area (Å²) in [7, 11) is 0. The second-order valence-electron chi connectivity index (χ2n) is 6.45. The number of nitrogens with zero attached hydrogens (tertiary/aromatic N) is 2. The van der Waals surface area contributed by atoms with Gasteiger partial charge in [0, 0.05) is 31.7 Å². The molecule has 1 aliphatic rings. The summed E-state index contributed by atoms with van der Waals surface area (Å²) in [5.41, 5.74) is 1.71. The van der Waals surface area contributed by atoms with Crippen LogP contribution >= 0.6 is 11.6 Å². The minimum absolute atomic E-state index is 0.0573. The molecule has 26 heavy (non-hydrogen) atoms. The Morgan fingerprint density at radius 2 is 1.69 bits per heavy atom. The van der Waals surface area contributed by atoms with Crippen LogP contribution in [-0.4, -0.2) is 54.2 Å². The van der Waals surface area contributed by atoms with Crippen LogP contribution in [-0.2, 0) is 0 Å². The molecule has 2 aromatic carbocycles. The number of hydrogen-bond acceptors (Lipinski definition) is 3. The number of benzene rings is 2. The third-order valence-electron chi connectivity index (χ3n) is 4.58. The molecule has 1 saturated heterocycles. The first-order valence-corrected chi connectivity index (χ1v) is 8.89. The van der Waals surface area contributed by atoms with E-state index in [1.165, 1.54) is 18.2 Å². The molecule has 0 saturated carbocycles. The maximum atomic E-state index is 13.9. The number of amides is 1. The van der Waals surface area contributed by atoms with Gasteiger partial charge in [0.2, 0.25) is 0 Å². The third-order valence-corrected chi connectivity index (χ3v) is 4.89. The van der Waals surface area contributed by atoms with Crippen LogP contribution in [0.2, 0.25) is 5.02 Å². The van der Waals surface area contributed by atoms with Gasteiger partial charge >= 0.3 is 0 Å². The van der Waals surface area contributed by atoms with Crippen molar-refractivity contribution in [1.29, 1.82) is 0 Å². The lowest BCUT2D eigenvalue weighted by Gasteiger charge is -2.34. The van der Waals surface area contributed by atoms with Crippen LogP contribution in [0.5, 0.6) is 0 Å². The van der Waals surface area contributed by atoms with E-state index in [4.69, 9.17) is 11.6 Å². The summed E-state index contributed by atoms with van der Waals surface area (Å²) in [6, 6.07) is 11.7. The topological polar surface area (TPSA) is 40.6 Å². The van der Waals surface area contributed by atoms with Crippen molar-refractivity contribution in [1.82, 2.24) is 9.80 Å². The van der Waals surface area contributed by atoms with Gasteiger partial charge in [-0.25, -0.2) is 4.39 Å². The monoisotopic (exact) mass is 374 g/mol. The van der Waals surface area contributed by atoms with Crippen molar-refractivity contribution < 1.29 is 14.0 Å². The molecule has 4 nitrogen and oxygen atoms in total. The predicted molar refractivity (Wildman–Crippen MR) is 99.3 cm³/mol. The lowest BCUT2D eigenvalue weighted by molar-refractivity contribution is 0.0620. The quantitative estimate of drug-likeness (QED) is 0.770. The van der Waals surface area contributed by atoms with Gasteiger partial charge < -0.3 is 4.90 Å². The van der Waals surface area contributed by atoms with Gasteiger partial charge in [-0.05, 0) is 19.1 Å². The Labute approximate surface area is 157 Å². The predicted octanol–water partition coefficient (Wildman–Crippen LogP) is 3.43. The summed E-state index contributed by atoms with van der Waals surface area (Å²) in [4.78, 5) is 28.5. The van der Waals surface area contributed by atoms with E-state index in [0.717, 1.165) is 5.56 Å². The third kappa shape index (κ3) is 4.11. The maximum Gasteiger partial charge on any atom is 0.258 e. The molecule has 1 amide bonds. The number of hydrogen-bond donors (Lipinski definition) is 0. The average Bonchev–Trinajstić information content (AvgIpc) is 2.62. The highest BCUT2D eigenvalue weighted by atomic mass is 35.5. The van der Waals surface area contributed by atoms with Gasteiger partial charge in [0.25, 0.3) is 5.91 Å². The summed E-state index contributed by atoms with van der Waals surface area (Å²) < 4.78 is 13.9. The van der Waals surface area contributed by atoms with Gasteiger partial charge in [-0.2, -0.15) is 0 Å². The number of piperazine rings is 1. The minimum atomic E-state index is -0.612. The van der Waals surface area contributed by atoms with E-state index in [9.17, 15) is 14.0 Å². The molecule has 0 radical (unpaired) electrons. The molecule has 0 spiro atoms. The molecule has 1 heterocycles. The van der Waals surface area contributed by atoms with Gasteiger partial charge in [0.15, 0.2) is 5.78 Å². The summed E-state index contributed by atoms with van der Waals surface area (Å²) >= 11 is 5.98. The highest BCUT2D eigenvalue weighted by Gasteiger charge is 2.26. The highest BCUT2D eigenvalue weighted by Crippen LogP contribution is 2.21. The molecule has 1 fully saturated rings. The first-order valence-electron chi connectivity index (χ1n) is 8.51. The van der Waals surface area contributed by atoms with Gasteiger partial charge in [0.05, 0.1) is 17.1 Å². The molecule has 0 atom stereocenters. The Morgan fingerprint density at radius 1 is 1.04 bits per heavy atom. The smallest absolute Gasteiger partial charge is 0.258 e. The number of carbonyl (C=O) groups is 2. The minimum Gasteiger partial charge on any atom is -0.336 e. The number of rotatable bonds is 4. The molecule has 0 N–H and O–H groups in total. The van der Waals surface area contributed by atoms with Crippen LogP contribution in [0.25, 0.3) is 0 Å².